The maximum absolute atomic E-state index is 12.1. The molecular formula is C25H33ClN6O. The zero-order chi connectivity index (χ0) is 23.5. The molecule has 0 saturated heterocycles. The lowest BCUT2D eigenvalue weighted by Crippen LogP contribution is -2.40. The largest absolute Gasteiger partial charge is 0.367 e. The summed E-state index contributed by atoms with van der Waals surface area (Å²) >= 11 is 6.44. The molecule has 8 heteroatoms. The number of nitrogens with zero attached hydrogens (tertiary/aromatic N) is 4. The van der Waals surface area contributed by atoms with Crippen LogP contribution >= 0.6 is 11.6 Å². The van der Waals surface area contributed by atoms with Gasteiger partial charge in [-0.3, -0.25) is 4.79 Å². The van der Waals surface area contributed by atoms with Crippen LogP contribution in [-0.4, -0.2) is 37.7 Å². The van der Waals surface area contributed by atoms with Crippen LogP contribution in [0.3, 0.4) is 0 Å². The summed E-state index contributed by atoms with van der Waals surface area (Å²) in [6, 6.07) is 8.19. The van der Waals surface area contributed by atoms with Crippen molar-refractivity contribution in [2.75, 3.05) is 5.32 Å². The molecule has 0 unspecified atom stereocenters. The molecule has 1 amide bonds. The number of hydrogen-bond donors (Lipinski definition) is 2. The van der Waals surface area contributed by atoms with Crippen molar-refractivity contribution in [3.05, 3.63) is 41.3 Å². The van der Waals surface area contributed by atoms with Crippen molar-refractivity contribution in [2.45, 2.75) is 77.8 Å². The second-order valence-electron chi connectivity index (χ2n) is 9.69. The lowest BCUT2D eigenvalue weighted by atomic mass is 9.91. The van der Waals surface area contributed by atoms with E-state index in [-0.39, 0.29) is 17.9 Å². The van der Waals surface area contributed by atoms with Gasteiger partial charge in [-0.1, -0.05) is 51.4 Å². The van der Waals surface area contributed by atoms with Gasteiger partial charge in [-0.05, 0) is 43.7 Å². The number of nitrogens with one attached hydrogen (secondary N) is 2. The molecule has 0 spiro atoms. The van der Waals surface area contributed by atoms with E-state index in [1.165, 1.54) is 0 Å². The lowest BCUT2D eigenvalue weighted by Gasteiger charge is -2.30. The second kappa shape index (κ2) is 10.1. The Morgan fingerprint density at radius 2 is 1.79 bits per heavy atom. The van der Waals surface area contributed by atoms with Crippen LogP contribution in [0, 0.1) is 5.92 Å². The molecule has 1 saturated carbocycles. The number of rotatable bonds is 7. The van der Waals surface area contributed by atoms with Gasteiger partial charge in [0.2, 0.25) is 5.91 Å². The molecule has 1 aromatic carbocycles. The van der Waals surface area contributed by atoms with Crippen LogP contribution in [0.4, 0.5) is 5.82 Å². The molecule has 7 nitrogen and oxygen atoms in total. The third-order valence-corrected chi connectivity index (χ3v) is 6.39. The molecule has 2 N–H and O–H groups in total. The molecule has 2 aromatic heterocycles. The summed E-state index contributed by atoms with van der Waals surface area (Å²) in [6.45, 7) is 8.32. The average molecular weight is 469 g/mol. The fraction of sp³-hybridized carbons (Fsp3) is 0.520. The Kier molecular flexibility index (Phi) is 7.17. The SMILES string of the molecule is CC(C)CC(=O)NC1CCC(Nc2nc(C(C)C)nc3c2cnn3-c2ccccc2Cl)CC1. The monoisotopic (exact) mass is 468 g/mol. The number of para-hydroxylation sites is 1. The number of benzene rings is 1. The first-order valence-electron chi connectivity index (χ1n) is 11.9. The van der Waals surface area contributed by atoms with Crippen LogP contribution < -0.4 is 10.6 Å². The molecule has 0 radical (unpaired) electrons. The fourth-order valence-corrected chi connectivity index (χ4v) is 4.54. The zero-order valence-electron chi connectivity index (χ0n) is 19.8. The molecule has 0 bridgehead atoms. The summed E-state index contributed by atoms with van der Waals surface area (Å²) in [5.41, 5.74) is 1.55. The number of amides is 1. The second-order valence-corrected chi connectivity index (χ2v) is 10.1. The number of carbonyl (C=O) groups is 1. The summed E-state index contributed by atoms with van der Waals surface area (Å²) < 4.78 is 1.79. The molecular weight excluding hydrogens is 436 g/mol. The topological polar surface area (TPSA) is 84.7 Å². The van der Waals surface area contributed by atoms with Gasteiger partial charge in [0.15, 0.2) is 5.65 Å². The molecule has 33 heavy (non-hydrogen) atoms. The molecule has 1 aliphatic carbocycles. The highest BCUT2D eigenvalue weighted by atomic mass is 35.5. The van der Waals surface area contributed by atoms with E-state index in [2.05, 4.69) is 43.4 Å². The van der Waals surface area contributed by atoms with Crippen LogP contribution in [0.2, 0.25) is 5.02 Å². The first kappa shape index (κ1) is 23.5. The minimum atomic E-state index is 0.160. The van der Waals surface area contributed by atoms with Crippen LogP contribution in [-0.2, 0) is 4.79 Å². The van der Waals surface area contributed by atoms with Crippen LogP contribution in [0.5, 0.6) is 0 Å². The molecule has 0 aliphatic heterocycles. The minimum absolute atomic E-state index is 0.160. The van der Waals surface area contributed by atoms with Gasteiger partial charge in [0.1, 0.15) is 11.6 Å². The van der Waals surface area contributed by atoms with Gasteiger partial charge in [0.05, 0.1) is 22.3 Å². The predicted octanol–water partition coefficient (Wildman–Crippen LogP) is 5.48. The first-order valence-corrected chi connectivity index (χ1v) is 12.3. The van der Waals surface area contributed by atoms with E-state index < -0.39 is 0 Å². The molecule has 2 heterocycles. The predicted molar refractivity (Wildman–Crippen MR) is 133 cm³/mol. The van der Waals surface area contributed by atoms with E-state index in [1.54, 1.807) is 4.68 Å². The van der Waals surface area contributed by atoms with E-state index in [0.717, 1.165) is 54.0 Å². The molecule has 3 aromatic rings. The maximum atomic E-state index is 12.1. The third-order valence-electron chi connectivity index (χ3n) is 6.07. The third kappa shape index (κ3) is 5.46. The van der Waals surface area contributed by atoms with Gasteiger partial charge in [-0.15, -0.1) is 0 Å². The van der Waals surface area contributed by atoms with Crippen LogP contribution in [0.15, 0.2) is 30.5 Å². The number of anilines is 1. The quantitative estimate of drug-likeness (QED) is 0.479. The summed E-state index contributed by atoms with van der Waals surface area (Å²) in [7, 11) is 0. The van der Waals surface area contributed by atoms with Gasteiger partial charge in [-0.25, -0.2) is 14.6 Å². The molecule has 1 aliphatic rings. The summed E-state index contributed by atoms with van der Waals surface area (Å²) in [4.78, 5) is 21.8. The van der Waals surface area contributed by atoms with E-state index in [1.807, 2.05) is 30.5 Å². The highest BCUT2D eigenvalue weighted by Crippen LogP contribution is 2.30. The van der Waals surface area contributed by atoms with Gasteiger partial charge in [0, 0.05) is 24.4 Å². The van der Waals surface area contributed by atoms with Gasteiger partial charge >= 0.3 is 0 Å². The number of fused-ring (bicyclic) bond motifs is 1. The Morgan fingerprint density at radius 3 is 2.45 bits per heavy atom. The van der Waals surface area contributed by atoms with E-state index in [9.17, 15) is 4.79 Å². The zero-order valence-corrected chi connectivity index (χ0v) is 20.6. The minimum Gasteiger partial charge on any atom is -0.367 e. The molecule has 176 valence electrons. The Morgan fingerprint density at radius 1 is 1.09 bits per heavy atom. The van der Waals surface area contributed by atoms with E-state index in [0.29, 0.717) is 23.4 Å². The van der Waals surface area contributed by atoms with E-state index >= 15 is 0 Å². The molecule has 4 rings (SSSR count). The molecule has 0 atom stereocenters. The van der Waals surface area contributed by atoms with Crippen molar-refractivity contribution in [2.24, 2.45) is 5.92 Å². The highest BCUT2D eigenvalue weighted by Gasteiger charge is 2.24. The van der Waals surface area contributed by atoms with Gasteiger partial charge in [-0.2, -0.15) is 5.10 Å². The summed E-state index contributed by atoms with van der Waals surface area (Å²) in [5, 5.41) is 12.9. The van der Waals surface area contributed by atoms with Crippen molar-refractivity contribution in [1.82, 2.24) is 25.1 Å². The van der Waals surface area contributed by atoms with Gasteiger partial charge in [0.25, 0.3) is 0 Å². The van der Waals surface area contributed by atoms with Crippen LogP contribution in [0.25, 0.3) is 16.7 Å². The highest BCUT2D eigenvalue weighted by molar-refractivity contribution is 6.32. The summed E-state index contributed by atoms with van der Waals surface area (Å²) in [6.07, 6.45) is 6.28. The lowest BCUT2D eigenvalue weighted by molar-refractivity contribution is -0.122. The number of hydrogen-bond acceptors (Lipinski definition) is 5. The Labute approximate surface area is 200 Å². The number of aromatic nitrogens is 4. The Hall–Kier alpha value is -2.67. The standard InChI is InChI=1S/C25H33ClN6O/c1-15(2)13-22(33)28-17-9-11-18(12-10-17)29-24-19-14-27-32(21-8-6-5-7-20(21)26)25(19)31-23(30-24)16(3)4/h5-8,14-18H,9-13H2,1-4H3,(H,28,33)(H,29,30,31). The first-order chi connectivity index (χ1) is 15.8. The molecule has 1 fully saturated rings. The smallest absolute Gasteiger partial charge is 0.220 e. The van der Waals surface area contributed by atoms with E-state index in [4.69, 9.17) is 21.6 Å². The Balaban J connectivity index is 1.54. The van der Waals surface area contributed by atoms with Crippen LogP contribution in [0.1, 0.15) is 71.5 Å². The number of carbonyl (C=O) groups excluding carboxylic acids is 1. The maximum Gasteiger partial charge on any atom is 0.220 e. The van der Waals surface area contributed by atoms with Crippen molar-refractivity contribution < 1.29 is 4.79 Å². The fourth-order valence-electron chi connectivity index (χ4n) is 4.33. The summed E-state index contributed by atoms with van der Waals surface area (Å²) in [5.74, 6) is 2.30. The normalized spacial score (nSPS) is 18.8. The van der Waals surface area contributed by atoms with Crippen molar-refractivity contribution in [3.8, 4) is 5.69 Å². The van der Waals surface area contributed by atoms with Crippen molar-refractivity contribution in [1.29, 1.82) is 0 Å². The van der Waals surface area contributed by atoms with Gasteiger partial charge < -0.3 is 10.6 Å². The average Bonchev–Trinajstić information content (AvgIpc) is 3.19. The van der Waals surface area contributed by atoms with Crippen molar-refractivity contribution in [3.63, 3.8) is 0 Å². The Bertz CT molecular complexity index is 1120. The van der Waals surface area contributed by atoms with Crippen molar-refractivity contribution >= 4 is 34.4 Å². The number of halogens is 1.